The molecule has 0 aliphatic carbocycles. The second-order valence-corrected chi connectivity index (χ2v) is 17.6. The van der Waals surface area contributed by atoms with E-state index < -0.39 is 86.7 Å². The fourth-order valence-corrected chi connectivity index (χ4v) is 7.50. The van der Waals surface area contributed by atoms with Gasteiger partial charge in [-0.25, -0.2) is 0 Å². The maximum absolute atomic E-state index is 13.0. The van der Waals surface area contributed by atoms with Crippen molar-refractivity contribution < 1.29 is 69.0 Å². The fraction of sp³-hybridized carbons (Fsp3) is 0.722. The van der Waals surface area contributed by atoms with Gasteiger partial charge in [0, 0.05) is 13.0 Å². The van der Waals surface area contributed by atoms with E-state index in [1.807, 2.05) is 0 Å². The Bertz CT molecular complexity index is 1440. The van der Waals surface area contributed by atoms with Crippen LogP contribution in [-0.4, -0.2) is 142 Å². The second kappa shape index (κ2) is 40.9. The van der Waals surface area contributed by atoms with Gasteiger partial charge in [-0.3, -0.25) is 4.79 Å². The molecule has 2 fully saturated rings. The highest BCUT2D eigenvalue weighted by atomic mass is 16.7. The molecular weight excluding hydrogens is 873 g/mol. The van der Waals surface area contributed by atoms with Crippen LogP contribution in [0.2, 0.25) is 0 Å². The van der Waals surface area contributed by atoms with Gasteiger partial charge in [0.15, 0.2) is 12.6 Å². The van der Waals surface area contributed by atoms with Crippen LogP contribution in [0.25, 0.3) is 0 Å². The monoisotopic (exact) mass is 963 g/mol. The van der Waals surface area contributed by atoms with Gasteiger partial charge in [0.1, 0.15) is 54.9 Å². The summed E-state index contributed by atoms with van der Waals surface area (Å²) in [5.41, 5.74) is 0. The number of hydrogen-bond acceptors (Lipinski definition) is 14. The summed E-state index contributed by atoms with van der Waals surface area (Å²) in [6.07, 6.45) is 35.1. The zero-order chi connectivity index (χ0) is 49.5. The van der Waals surface area contributed by atoms with Crippen molar-refractivity contribution in [2.45, 2.75) is 216 Å². The van der Waals surface area contributed by atoms with Crippen molar-refractivity contribution in [2.75, 3.05) is 33.0 Å². The highest BCUT2D eigenvalue weighted by molar-refractivity contribution is 5.69. The normalized spacial score (nSPS) is 26.6. The van der Waals surface area contributed by atoms with Crippen molar-refractivity contribution in [1.82, 2.24) is 0 Å². The quantitative estimate of drug-likeness (QED) is 0.0179. The average Bonchev–Trinajstić information content (AvgIpc) is 3.33. The topological polar surface area (TPSA) is 214 Å². The van der Waals surface area contributed by atoms with Crippen LogP contribution >= 0.6 is 0 Å². The summed E-state index contributed by atoms with van der Waals surface area (Å²) < 4.78 is 34.1. The third-order valence-electron chi connectivity index (χ3n) is 11.7. The predicted molar refractivity (Wildman–Crippen MR) is 265 cm³/mol. The smallest absolute Gasteiger partial charge is 0.306 e. The van der Waals surface area contributed by atoms with Gasteiger partial charge in [0.05, 0.1) is 26.4 Å². The lowest BCUT2D eigenvalue weighted by Gasteiger charge is -2.42. The largest absolute Gasteiger partial charge is 0.457 e. The third kappa shape index (κ3) is 28.1. The predicted octanol–water partition coefficient (Wildman–Crippen LogP) is 7.68. The molecule has 11 atom stereocenters. The molecular formula is C54H90O14. The zero-order valence-electron chi connectivity index (χ0n) is 41.3. The molecule has 2 heterocycles. The minimum absolute atomic E-state index is 0.0436. The average molecular weight is 963 g/mol. The number of rotatable bonds is 39. The van der Waals surface area contributed by atoms with Crippen LogP contribution in [0.5, 0.6) is 0 Å². The van der Waals surface area contributed by atoms with Gasteiger partial charge in [0.25, 0.3) is 0 Å². The number of hydrogen-bond donors (Lipinski definition) is 7. The molecule has 11 unspecified atom stereocenters. The first kappa shape index (κ1) is 61.3. The van der Waals surface area contributed by atoms with E-state index in [0.29, 0.717) is 13.0 Å². The first-order valence-corrected chi connectivity index (χ1v) is 25.7. The molecule has 2 aliphatic heterocycles. The van der Waals surface area contributed by atoms with Gasteiger partial charge in [-0.1, -0.05) is 157 Å². The number of allylic oxidation sites excluding steroid dienone is 14. The Kier molecular flexibility index (Phi) is 36.8. The molecule has 14 nitrogen and oxygen atoms in total. The zero-order valence-corrected chi connectivity index (χ0v) is 41.3. The van der Waals surface area contributed by atoms with E-state index in [9.17, 15) is 40.5 Å². The third-order valence-corrected chi connectivity index (χ3v) is 11.7. The standard InChI is InChI=1S/C54H90O14/c1-3-5-7-9-11-13-14-15-16-17-18-19-20-21-22-23-24-25-26-27-28-29-31-33-35-37-46(56)66-43(40-63-38-36-34-32-30-12-10-8-6-4-2)41-64-53-52(62)50(60)48(58)45(68-53)42-65-54-51(61)49(59)47(57)44(39-55)67-54/h5,7,11,13,15-16,18-19,21-22,24-25,27-28,43-45,47-55,57-62H,3-4,6,8-10,12,14,17,20,23,26,29-42H2,1-2H3/b7-5-,13-11-,16-15-,19-18-,22-21-,25-24-,28-27-. The van der Waals surface area contributed by atoms with E-state index in [0.717, 1.165) is 83.5 Å². The van der Waals surface area contributed by atoms with E-state index in [-0.39, 0.29) is 19.6 Å². The molecule has 2 rings (SSSR count). The summed E-state index contributed by atoms with van der Waals surface area (Å²) in [7, 11) is 0. The molecule has 2 saturated heterocycles. The Balaban J connectivity index is 1.74. The molecule has 0 aromatic rings. The van der Waals surface area contributed by atoms with E-state index in [4.69, 9.17) is 28.4 Å². The summed E-state index contributed by atoms with van der Waals surface area (Å²) in [5.74, 6) is -0.412. The second-order valence-electron chi connectivity index (χ2n) is 17.6. The first-order chi connectivity index (χ1) is 33.1. The summed E-state index contributed by atoms with van der Waals surface area (Å²) in [4.78, 5) is 13.0. The number of aliphatic hydroxyl groups is 7. The maximum atomic E-state index is 13.0. The van der Waals surface area contributed by atoms with E-state index in [1.165, 1.54) is 38.5 Å². The first-order valence-electron chi connectivity index (χ1n) is 25.7. The van der Waals surface area contributed by atoms with E-state index >= 15 is 0 Å². The minimum Gasteiger partial charge on any atom is -0.457 e. The van der Waals surface area contributed by atoms with Crippen molar-refractivity contribution in [2.24, 2.45) is 0 Å². The number of esters is 1. The van der Waals surface area contributed by atoms with Crippen molar-refractivity contribution in [3.05, 3.63) is 85.1 Å². The molecule has 0 aromatic heterocycles. The Hall–Kier alpha value is -2.83. The van der Waals surface area contributed by atoms with Crippen LogP contribution in [-0.2, 0) is 33.2 Å². The van der Waals surface area contributed by atoms with Crippen LogP contribution in [0, 0.1) is 0 Å². The molecule has 0 amide bonds. The highest BCUT2D eigenvalue weighted by Crippen LogP contribution is 2.26. The number of ether oxygens (including phenoxy) is 6. The number of aliphatic hydroxyl groups excluding tert-OH is 7. The van der Waals surface area contributed by atoms with Crippen molar-refractivity contribution >= 4 is 5.97 Å². The van der Waals surface area contributed by atoms with Crippen LogP contribution in [0.4, 0.5) is 0 Å². The summed E-state index contributed by atoms with van der Waals surface area (Å²) in [6.45, 7) is 3.48. The highest BCUT2D eigenvalue weighted by Gasteiger charge is 2.47. The summed E-state index contributed by atoms with van der Waals surface area (Å²) in [6, 6.07) is 0. The van der Waals surface area contributed by atoms with Gasteiger partial charge < -0.3 is 64.2 Å². The lowest BCUT2D eigenvalue weighted by Crippen LogP contribution is -2.61. The van der Waals surface area contributed by atoms with Crippen LogP contribution in [0.3, 0.4) is 0 Å². The summed E-state index contributed by atoms with van der Waals surface area (Å²) >= 11 is 0. The Morgan fingerprint density at radius 1 is 0.500 bits per heavy atom. The van der Waals surface area contributed by atoms with Gasteiger partial charge in [-0.15, -0.1) is 0 Å². The Labute approximate surface area is 408 Å². The maximum Gasteiger partial charge on any atom is 0.306 e. The van der Waals surface area contributed by atoms with E-state index in [2.05, 4.69) is 98.9 Å². The lowest BCUT2D eigenvalue weighted by molar-refractivity contribution is -0.332. The number of unbranched alkanes of at least 4 members (excludes halogenated alkanes) is 11. The van der Waals surface area contributed by atoms with Gasteiger partial charge in [-0.2, -0.15) is 0 Å². The molecule has 2 aliphatic rings. The molecule has 0 spiro atoms. The number of carbonyl (C=O) groups excluding carboxylic acids is 1. The fourth-order valence-electron chi connectivity index (χ4n) is 7.50. The van der Waals surface area contributed by atoms with Gasteiger partial charge in [-0.05, 0) is 70.6 Å². The van der Waals surface area contributed by atoms with Crippen LogP contribution in [0.15, 0.2) is 85.1 Å². The van der Waals surface area contributed by atoms with Crippen molar-refractivity contribution in [3.8, 4) is 0 Å². The van der Waals surface area contributed by atoms with Gasteiger partial charge in [0.2, 0.25) is 0 Å². The van der Waals surface area contributed by atoms with Crippen molar-refractivity contribution in [3.63, 3.8) is 0 Å². The van der Waals surface area contributed by atoms with Gasteiger partial charge >= 0.3 is 5.97 Å². The SMILES string of the molecule is CC/C=C\C/C=C\C/C=C\C/C=C\C/C=C\C/C=C\C/C=C\CCCCCC(=O)OC(COCCCCCCCCCCC)COC1OC(COC2OC(CO)C(O)C(O)C2O)C(O)C(O)C1O. The summed E-state index contributed by atoms with van der Waals surface area (Å²) in [5, 5.41) is 72.0. The Morgan fingerprint density at radius 3 is 1.49 bits per heavy atom. The molecule has 390 valence electrons. The minimum atomic E-state index is -1.72. The van der Waals surface area contributed by atoms with E-state index in [1.54, 1.807) is 0 Å². The molecule has 7 N–H and O–H groups in total. The molecule has 68 heavy (non-hydrogen) atoms. The molecule has 14 heteroatoms. The molecule has 0 aromatic carbocycles. The Morgan fingerprint density at radius 2 is 0.956 bits per heavy atom. The molecule has 0 saturated carbocycles. The van der Waals surface area contributed by atoms with Crippen LogP contribution < -0.4 is 0 Å². The van der Waals surface area contributed by atoms with Crippen LogP contribution in [0.1, 0.15) is 149 Å². The van der Waals surface area contributed by atoms with Crippen molar-refractivity contribution in [1.29, 1.82) is 0 Å². The number of carbonyl (C=O) groups is 1. The molecule has 0 radical (unpaired) electrons. The lowest BCUT2D eigenvalue weighted by atomic mass is 9.98. The molecule has 0 bridgehead atoms.